The van der Waals surface area contributed by atoms with Crippen molar-refractivity contribution < 1.29 is 8.42 Å². The highest BCUT2D eigenvalue weighted by atomic mass is 32.2. The van der Waals surface area contributed by atoms with Crippen molar-refractivity contribution in [3.05, 3.63) is 34.8 Å². The van der Waals surface area contributed by atoms with E-state index < -0.39 is 10.0 Å². The SMILES string of the molecule is Cc1cnc(NS(=O)(=O)c2ccc3c(c2)CCN3)s1. The molecule has 5 nitrogen and oxygen atoms in total. The Kier molecular flexibility index (Phi) is 2.94. The Morgan fingerprint density at radius 1 is 1.42 bits per heavy atom. The van der Waals surface area contributed by atoms with Gasteiger partial charge in [-0.2, -0.15) is 0 Å². The molecule has 1 aliphatic heterocycles. The number of nitrogens with zero attached hydrogens (tertiary/aromatic N) is 1. The van der Waals surface area contributed by atoms with Crippen molar-refractivity contribution in [1.82, 2.24) is 4.98 Å². The molecule has 2 aromatic rings. The number of fused-ring (bicyclic) bond motifs is 1. The number of thiazole rings is 1. The molecular weight excluding hydrogens is 282 g/mol. The molecule has 1 aromatic heterocycles. The molecule has 0 unspecified atom stereocenters. The summed E-state index contributed by atoms with van der Waals surface area (Å²) in [4.78, 5) is 5.26. The Bertz CT molecular complexity index is 722. The van der Waals surface area contributed by atoms with Crippen molar-refractivity contribution in [2.24, 2.45) is 0 Å². The maximum atomic E-state index is 12.2. The third-order valence-corrected chi connectivity index (χ3v) is 5.23. The van der Waals surface area contributed by atoms with Crippen LogP contribution in [0.2, 0.25) is 0 Å². The van der Waals surface area contributed by atoms with Gasteiger partial charge in [0.25, 0.3) is 10.0 Å². The second kappa shape index (κ2) is 4.50. The van der Waals surface area contributed by atoms with Gasteiger partial charge in [0.15, 0.2) is 5.13 Å². The summed E-state index contributed by atoms with van der Waals surface area (Å²) in [5.41, 5.74) is 2.06. The van der Waals surface area contributed by atoms with Crippen LogP contribution in [0.3, 0.4) is 0 Å². The average molecular weight is 295 g/mol. The van der Waals surface area contributed by atoms with E-state index in [0.29, 0.717) is 5.13 Å². The number of rotatable bonds is 3. The van der Waals surface area contributed by atoms with Crippen molar-refractivity contribution in [3.63, 3.8) is 0 Å². The molecule has 0 saturated carbocycles. The predicted molar refractivity (Wildman–Crippen MR) is 76.3 cm³/mol. The van der Waals surface area contributed by atoms with E-state index >= 15 is 0 Å². The van der Waals surface area contributed by atoms with Gasteiger partial charge in [0.1, 0.15) is 0 Å². The van der Waals surface area contributed by atoms with Crippen LogP contribution in [-0.2, 0) is 16.4 Å². The van der Waals surface area contributed by atoms with Crippen LogP contribution in [0.5, 0.6) is 0 Å². The molecule has 7 heteroatoms. The summed E-state index contributed by atoms with van der Waals surface area (Å²) in [7, 11) is -3.55. The first-order valence-electron chi connectivity index (χ1n) is 5.87. The second-order valence-electron chi connectivity index (χ2n) is 4.38. The van der Waals surface area contributed by atoms with Gasteiger partial charge >= 0.3 is 0 Å². The van der Waals surface area contributed by atoms with Gasteiger partial charge in [-0.25, -0.2) is 13.4 Å². The lowest BCUT2D eigenvalue weighted by Gasteiger charge is -2.07. The second-order valence-corrected chi connectivity index (χ2v) is 7.29. The van der Waals surface area contributed by atoms with Gasteiger partial charge in [0.05, 0.1) is 4.90 Å². The summed E-state index contributed by atoms with van der Waals surface area (Å²) in [5, 5.41) is 3.61. The van der Waals surface area contributed by atoms with Gasteiger partial charge in [-0.05, 0) is 37.1 Å². The van der Waals surface area contributed by atoms with Gasteiger partial charge in [0, 0.05) is 23.3 Å². The minimum Gasteiger partial charge on any atom is -0.384 e. The molecule has 100 valence electrons. The van der Waals surface area contributed by atoms with Crippen LogP contribution in [-0.4, -0.2) is 19.9 Å². The monoisotopic (exact) mass is 295 g/mol. The molecule has 3 rings (SSSR count). The van der Waals surface area contributed by atoms with Crippen LogP contribution in [0.1, 0.15) is 10.4 Å². The summed E-state index contributed by atoms with van der Waals surface area (Å²) in [6.07, 6.45) is 2.50. The van der Waals surface area contributed by atoms with Gasteiger partial charge in [-0.1, -0.05) is 0 Å². The lowest BCUT2D eigenvalue weighted by molar-refractivity contribution is 0.601. The zero-order valence-electron chi connectivity index (χ0n) is 10.3. The Balaban J connectivity index is 1.92. The van der Waals surface area contributed by atoms with Crippen LogP contribution in [0.25, 0.3) is 0 Å². The van der Waals surface area contributed by atoms with E-state index in [1.54, 1.807) is 18.3 Å². The highest BCUT2D eigenvalue weighted by Gasteiger charge is 2.19. The Hall–Kier alpha value is -1.60. The summed E-state index contributed by atoms with van der Waals surface area (Å²) < 4.78 is 27.0. The standard InChI is InChI=1S/C12H13N3O2S2/c1-8-7-14-12(18-8)15-19(16,17)10-2-3-11-9(6-10)4-5-13-11/h2-3,6-7,13H,4-5H2,1H3,(H,14,15). The zero-order valence-corrected chi connectivity index (χ0v) is 11.9. The van der Waals surface area contributed by atoms with Crippen LogP contribution in [0.15, 0.2) is 29.3 Å². The Labute approximate surface area is 115 Å². The molecule has 1 aliphatic rings. The molecule has 0 amide bonds. The van der Waals surface area contributed by atoms with E-state index in [2.05, 4.69) is 15.0 Å². The van der Waals surface area contributed by atoms with Gasteiger partial charge in [-0.3, -0.25) is 4.72 Å². The lowest BCUT2D eigenvalue weighted by Crippen LogP contribution is -2.12. The molecule has 0 atom stereocenters. The quantitative estimate of drug-likeness (QED) is 0.911. The first kappa shape index (κ1) is 12.4. The number of hydrogen-bond donors (Lipinski definition) is 2. The molecule has 2 heterocycles. The number of hydrogen-bond acceptors (Lipinski definition) is 5. The topological polar surface area (TPSA) is 71.1 Å². The number of sulfonamides is 1. The molecule has 0 radical (unpaired) electrons. The fraction of sp³-hybridized carbons (Fsp3) is 0.250. The van der Waals surface area contributed by atoms with Crippen molar-refractivity contribution in [1.29, 1.82) is 0 Å². The van der Waals surface area contributed by atoms with Gasteiger partial charge < -0.3 is 5.32 Å². The fourth-order valence-corrected chi connectivity index (χ4v) is 3.98. The molecule has 1 aromatic carbocycles. The van der Waals surface area contributed by atoms with E-state index in [1.165, 1.54) is 11.3 Å². The molecule has 0 fully saturated rings. The average Bonchev–Trinajstić information content (AvgIpc) is 2.96. The van der Waals surface area contributed by atoms with E-state index in [4.69, 9.17) is 0 Å². The largest absolute Gasteiger partial charge is 0.384 e. The van der Waals surface area contributed by atoms with Crippen molar-refractivity contribution in [2.75, 3.05) is 16.6 Å². The van der Waals surface area contributed by atoms with Gasteiger partial charge in [-0.15, -0.1) is 11.3 Å². The van der Waals surface area contributed by atoms with Crippen molar-refractivity contribution in [3.8, 4) is 0 Å². The number of anilines is 2. The molecule has 2 N–H and O–H groups in total. The third-order valence-electron chi connectivity index (χ3n) is 2.94. The van der Waals surface area contributed by atoms with Crippen molar-refractivity contribution >= 4 is 32.2 Å². The van der Waals surface area contributed by atoms with Crippen molar-refractivity contribution in [2.45, 2.75) is 18.2 Å². The maximum Gasteiger partial charge on any atom is 0.263 e. The highest BCUT2D eigenvalue weighted by Crippen LogP contribution is 2.27. The Morgan fingerprint density at radius 2 is 2.26 bits per heavy atom. The fourth-order valence-electron chi connectivity index (χ4n) is 2.02. The molecule has 0 saturated heterocycles. The van der Waals surface area contributed by atoms with Crippen LogP contribution in [0.4, 0.5) is 10.8 Å². The molecule has 0 aliphatic carbocycles. The number of benzene rings is 1. The number of aryl methyl sites for hydroxylation is 1. The predicted octanol–water partition coefficient (Wildman–Crippen LogP) is 2.22. The zero-order chi connectivity index (χ0) is 13.5. The van der Waals surface area contributed by atoms with E-state index in [1.807, 2.05) is 13.0 Å². The number of aromatic nitrogens is 1. The van der Waals surface area contributed by atoms with E-state index in [9.17, 15) is 8.42 Å². The van der Waals surface area contributed by atoms with Crippen LogP contribution in [0, 0.1) is 6.92 Å². The molecular formula is C12H13N3O2S2. The minimum absolute atomic E-state index is 0.280. The summed E-state index contributed by atoms with van der Waals surface area (Å²) in [6, 6.07) is 5.14. The first-order chi connectivity index (χ1) is 9.04. The number of nitrogens with one attached hydrogen (secondary N) is 2. The van der Waals surface area contributed by atoms with Crippen LogP contribution >= 0.6 is 11.3 Å². The molecule has 0 spiro atoms. The van der Waals surface area contributed by atoms with E-state index in [-0.39, 0.29) is 4.90 Å². The summed E-state index contributed by atoms with van der Waals surface area (Å²) in [5.74, 6) is 0. The maximum absolute atomic E-state index is 12.2. The highest BCUT2D eigenvalue weighted by molar-refractivity contribution is 7.93. The smallest absolute Gasteiger partial charge is 0.263 e. The first-order valence-corrected chi connectivity index (χ1v) is 8.17. The Morgan fingerprint density at radius 3 is 3.00 bits per heavy atom. The summed E-state index contributed by atoms with van der Waals surface area (Å²) >= 11 is 1.32. The third kappa shape index (κ3) is 2.43. The van der Waals surface area contributed by atoms with Gasteiger partial charge in [0.2, 0.25) is 0 Å². The summed E-state index contributed by atoms with van der Waals surface area (Å²) in [6.45, 7) is 2.74. The molecule has 0 bridgehead atoms. The minimum atomic E-state index is -3.55. The van der Waals surface area contributed by atoms with Crippen LogP contribution < -0.4 is 10.0 Å². The lowest BCUT2D eigenvalue weighted by atomic mass is 10.2. The normalized spacial score (nSPS) is 13.9. The van der Waals surface area contributed by atoms with E-state index in [0.717, 1.165) is 29.1 Å². The molecule has 19 heavy (non-hydrogen) atoms.